The molecule has 0 bridgehead atoms. The summed E-state index contributed by atoms with van der Waals surface area (Å²) in [4.78, 5) is 0. The number of hydrogen-bond acceptors (Lipinski definition) is 0. The fourth-order valence-electron chi connectivity index (χ4n) is 6.75. The molecule has 0 saturated carbocycles. The van der Waals surface area contributed by atoms with E-state index in [1.165, 1.54) is 65.4 Å². The van der Waals surface area contributed by atoms with Gasteiger partial charge in [0.2, 0.25) is 0 Å². The van der Waals surface area contributed by atoms with Crippen LogP contribution in [0.25, 0.3) is 55.0 Å². The van der Waals surface area contributed by atoms with Gasteiger partial charge in [-0.2, -0.15) is 0 Å². The maximum absolute atomic E-state index is 2.50. The molecule has 6 aromatic carbocycles. The van der Waals surface area contributed by atoms with E-state index in [1.807, 2.05) is 0 Å². The number of hydrogen-bond donors (Lipinski definition) is 0. The lowest BCUT2D eigenvalue weighted by atomic mass is 10.1. The van der Waals surface area contributed by atoms with Gasteiger partial charge in [0.05, 0.1) is 22.1 Å². The summed E-state index contributed by atoms with van der Waals surface area (Å²) in [6.45, 7) is 4.99. The Hall–Kier alpha value is -4.86. The molecule has 196 valence electrons. The highest BCUT2D eigenvalue weighted by molar-refractivity contribution is 7.01. The first-order valence-corrected chi connectivity index (χ1v) is 17.3. The molecule has 0 aliphatic carbocycles. The lowest BCUT2D eigenvalue weighted by Gasteiger charge is -2.27. The van der Waals surface area contributed by atoms with E-state index >= 15 is 0 Å². The highest BCUT2D eigenvalue weighted by Crippen LogP contribution is 2.34. The van der Waals surface area contributed by atoms with Gasteiger partial charge in [-0.05, 0) is 47.7 Å². The number of para-hydroxylation sites is 5. The molecule has 0 fully saturated rings. The third kappa shape index (κ3) is 3.56. The van der Waals surface area contributed by atoms with Crippen molar-refractivity contribution in [2.75, 3.05) is 0 Å². The van der Waals surface area contributed by atoms with Crippen molar-refractivity contribution in [2.24, 2.45) is 0 Å². The van der Waals surface area contributed by atoms with Gasteiger partial charge in [-0.25, -0.2) is 0 Å². The van der Waals surface area contributed by atoms with Gasteiger partial charge >= 0.3 is 0 Å². The maximum atomic E-state index is 2.50. The van der Waals surface area contributed by atoms with Crippen LogP contribution in [-0.2, 0) is 0 Å². The topological polar surface area (TPSA) is 9.86 Å². The average molecular weight is 543 g/mol. The Bertz CT molecular complexity index is 2180. The van der Waals surface area contributed by atoms with Crippen LogP contribution in [0.5, 0.6) is 0 Å². The lowest BCUT2D eigenvalue weighted by molar-refractivity contribution is 1.18. The molecule has 0 spiro atoms. The van der Waals surface area contributed by atoms with E-state index in [-0.39, 0.29) is 0 Å². The number of benzene rings is 6. The first-order valence-electron chi connectivity index (χ1n) is 14.3. The normalized spacial score (nSPS) is 12.1. The predicted molar refractivity (Wildman–Crippen MR) is 178 cm³/mol. The minimum absolute atomic E-state index is 1.19. The van der Waals surface area contributed by atoms with Gasteiger partial charge in [0, 0.05) is 32.9 Å². The zero-order chi connectivity index (χ0) is 27.6. The minimum Gasteiger partial charge on any atom is -0.309 e. The molecule has 2 heterocycles. The maximum Gasteiger partial charge on any atom is 0.114 e. The number of aromatic nitrogens is 2. The second kappa shape index (κ2) is 9.08. The molecular weight excluding hydrogens is 513 g/mol. The molecule has 0 aliphatic rings. The van der Waals surface area contributed by atoms with Crippen molar-refractivity contribution in [3.05, 3.63) is 146 Å². The summed E-state index contributed by atoms with van der Waals surface area (Å²) in [5.74, 6) is 0. The van der Waals surface area contributed by atoms with Crippen molar-refractivity contribution in [1.29, 1.82) is 0 Å². The van der Waals surface area contributed by atoms with E-state index < -0.39 is 8.07 Å². The second-order valence-corrected chi connectivity index (χ2v) is 15.8. The van der Waals surface area contributed by atoms with Crippen LogP contribution in [0, 0.1) is 0 Å². The van der Waals surface area contributed by atoms with Gasteiger partial charge in [0.25, 0.3) is 0 Å². The molecular formula is C38H30N2Si. The van der Waals surface area contributed by atoms with E-state index in [4.69, 9.17) is 0 Å². The van der Waals surface area contributed by atoms with Gasteiger partial charge < -0.3 is 9.13 Å². The molecule has 0 aliphatic heterocycles. The molecule has 2 nitrogen and oxygen atoms in total. The predicted octanol–water partition coefficient (Wildman–Crippen LogP) is 8.70. The summed E-state index contributed by atoms with van der Waals surface area (Å²) in [6.07, 6.45) is 0. The average Bonchev–Trinajstić information content (AvgIpc) is 3.54. The first-order chi connectivity index (χ1) is 20.1. The molecule has 0 saturated heterocycles. The van der Waals surface area contributed by atoms with Crippen LogP contribution in [0.1, 0.15) is 0 Å². The molecule has 3 heteroatoms. The van der Waals surface area contributed by atoms with Crippen LogP contribution in [0.4, 0.5) is 0 Å². The molecule has 0 radical (unpaired) electrons. The van der Waals surface area contributed by atoms with Crippen LogP contribution >= 0.6 is 0 Å². The Balaban J connectivity index is 1.36. The van der Waals surface area contributed by atoms with Crippen LogP contribution in [0.15, 0.2) is 146 Å². The summed E-state index contributed by atoms with van der Waals surface area (Å²) in [7, 11) is -2.14. The number of rotatable bonds is 4. The number of fused-ring (bicyclic) bond motifs is 6. The van der Waals surface area contributed by atoms with Crippen LogP contribution in [-0.4, -0.2) is 17.2 Å². The van der Waals surface area contributed by atoms with Crippen molar-refractivity contribution in [3.8, 4) is 11.4 Å². The Morgan fingerprint density at radius 2 is 0.902 bits per heavy atom. The second-order valence-electron chi connectivity index (χ2n) is 11.4. The molecule has 0 N–H and O–H groups in total. The molecule has 0 atom stereocenters. The van der Waals surface area contributed by atoms with Crippen molar-refractivity contribution in [1.82, 2.24) is 9.13 Å². The quantitative estimate of drug-likeness (QED) is 0.197. The highest BCUT2D eigenvalue weighted by atomic mass is 28.3. The number of nitrogens with zero attached hydrogens (tertiary/aromatic N) is 2. The Morgan fingerprint density at radius 3 is 1.56 bits per heavy atom. The van der Waals surface area contributed by atoms with Crippen molar-refractivity contribution in [3.63, 3.8) is 0 Å². The summed E-state index contributed by atoms with van der Waals surface area (Å²) < 4.78 is 4.88. The standard InChI is InChI=1S/C38H30N2Si/c1-41(2,28-24-25-36-32(26-28)31-18-8-9-19-33(31)39(36)27-14-4-3-5-15-27)38-23-13-12-22-37(38)40-34-20-10-6-16-29(34)30-17-7-11-21-35(30)40/h3-26H,1-2H3. The Labute approximate surface area is 240 Å². The highest BCUT2D eigenvalue weighted by Gasteiger charge is 2.30. The third-order valence-corrected chi connectivity index (χ3v) is 12.3. The summed E-state index contributed by atoms with van der Waals surface area (Å²) >= 11 is 0. The molecule has 8 aromatic rings. The molecule has 41 heavy (non-hydrogen) atoms. The molecule has 2 aromatic heterocycles. The molecule has 8 rings (SSSR count). The monoisotopic (exact) mass is 542 g/mol. The van der Waals surface area contributed by atoms with Gasteiger partial charge in [0.1, 0.15) is 8.07 Å². The fourth-order valence-corrected chi connectivity index (χ4v) is 9.42. The Kier molecular flexibility index (Phi) is 5.31. The third-order valence-electron chi connectivity index (χ3n) is 8.81. The van der Waals surface area contributed by atoms with Crippen molar-refractivity contribution < 1.29 is 0 Å². The van der Waals surface area contributed by atoms with E-state index in [9.17, 15) is 0 Å². The zero-order valence-corrected chi connectivity index (χ0v) is 24.3. The van der Waals surface area contributed by atoms with E-state index in [0.717, 1.165) is 0 Å². The largest absolute Gasteiger partial charge is 0.309 e. The lowest BCUT2D eigenvalue weighted by Crippen LogP contribution is -2.54. The van der Waals surface area contributed by atoms with E-state index in [0.29, 0.717) is 0 Å². The summed E-state index contributed by atoms with van der Waals surface area (Å²) in [5, 5.41) is 8.09. The summed E-state index contributed by atoms with van der Waals surface area (Å²) in [5.41, 5.74) is 7.49. The van der Waals surface area contributed by atoms with E-state index in [2.05, 4.69) is 168 Å². The minimum atomic E-state index is -2.14. The zero-order valence-electron chi connectivity index (χ0n) is 23.3. The first kappa shape index (κ1) is 24.0. The van der Waals surface area contributed by atoms with Gasteiger partial charge in [0.15, 0.2) is 0 Å². The van der Waals surface area contributed by atoms with Crippen LogP contribution in [0.3, 0.4) is 0 Å². The van der Waals surface area contributed by atoms with Crippen molar-refractivity contribution >= 4 is 62.1 Å². The van der Waals surface area contributed by atoms with E-state index in [1.54, 1.807) is 0 Å². The molecule has 0 unspecified atom stereocenters. The smallest absolute Gasteiger partial charge is 0.114 e. The van der Waals surface area contributed by atoms with Crippen molar-refractivity contribution in [2.45, 2.75) is 13.1 Å². The van der Waals surface area contributed by atoms with Crippen LogP contribution in [0.2, 0.25) is 13.1 Å². The van der Waals surface area contributed by atoms with Gasteiger partial charge in [-0.1, -0.05) is 121 Å². The molecule has 0 amide bonds. The Morgan fingerprint density at radius 1 is 0.415 bits per heavy atom. The summed E-state index contributed by atoms with van der Waals surface area (Å²) in [6, 6.07) is 53.4. The fraction of sp³-hybridized carbons (Fsp3) is 0.0526. The van der Waals surface area contributed by atoms with Gasteiger partial charge in [-0.3, -0.25) is 0 Å². The van der Waals surface area contributed by atoms with Crippen LogP contribution < -0.4 is 10.4 Å². The van der Waals surface area contributed by atoms with Gasteiger partial charge in [-0.15, -0.1) is 0 Å². The SMILES string of the molecule is C[Si](C)(c1ccc2c(c1)c1ccccc1n2-c1ccccc1)c1ccccc1-n1c2ccccc2c2ccccc21.